The number of esters is 1. The Labute approximate surface area is 130 Å². The summed E-state index contributed by atoms with van der Waals surface area (Å²) >= 11 is 0. The Balaban J connectivity index is 1.88. The molecule has 4 heteroatoms. The first kappa shape index (κ1) is 14.4. The number of carbonyl (C=O) groups excluding carboxylic acids is 1. The molecular weight excluding hydrogens is 278 g/mol. The zero-order valence-corrected chi connectivity index (χ0v) is 12.7. The zero-order valence-electron chi connectivity index (χ0n) is 12.7. The number of carbonyl (C=O) groups is 1. The summed E-state index contributed by atoms with van der Waals surface area (Å²) in [4.78, 5) is 12.1. The van der Waals surface area contributed by atoms with Crippen LogP contribution in [-0.4, -0.2) is 20.2 Å². The molecule has 22 heavy (non-hydrogen) atoms. The lowest BCUT2D eigenvalue weighted by molar-refractivity contribution is -0.145. The molecule has 0 amide bonds. The lowest BCUT2D eigenvalue weighted by atomic mass is 10.0. The topological polar surface area (TPSA) is 47.6 Å². The molecule has 0 fully saturated rings. The fourth-order valence-electron chi connectivity index (χ4n) is 3.01. The number of fused-ring (bicyclic) bond motifs is 1. The Morgan fingerprint density at radius 2 is 1.82 bits per heavy atom. The molecule has 0 unspecified atom stereocenters. The van der Waals surface area contributed by atoms with E-state index in [1.807, 2.05) is 36.4 Å². The van der Waals surface area contributed by atoms with Gasteiger partial charge in [0, 0.05) is 5.69 Å². The molecule has 2 atom stereocenters. The molecule has 1 N–H and O–H groups in total. The second-order valence-electron chi connectivity index (χ2n) is 5.38. The summed E-state index contributed by atoms with van der Waals surface area (Å²) in [5.41, 5.74) is 3.31. The maximum Gasteiger partial charge on any atom is 0.311 e. The van der Waals surface area contributed by atoms with Crippen molar-refractivity contribution in [2.24, 2.45) is 5.92 Å². The smallest absolute Gasteiger partial charge is 0.311 e. The van der Waals surface area contributed by atoms with Gasteiger partial charge in [-0.15, -0.1) is 0 Å². The van der Waals surface area contributed by atoms with Gasteiger partial charge in [-0.3, -0.25) is 4.79 Å². The molecular formula is C18H19NO3. The summed E-state index contributed by atoms with van der Waals surface area (Å²) in [7, 11) is 3.08. The van der Waals surface area contributed by atoms with E-state index in [1.165, 1.54) is 12.7 Å². The van der Waals surface area contributed by atoms with Crippen molar-refractivity contribution in [3.63, 3.8) is 0 Å². The monoisotopic (exact) mass is 297 g/mol. The van der Waals surface area contributed by atoms with Crippen molar-refractivity contribution in [2.75, 3.05) is 19.5 Å². The van der Waals surface area contributed by atoms with Gasteiger partial charge in [-0.25, -0.2) is 0 Å². The molecule has 0 saturated heterocycles. The third-order valence-corrected chi connectivity index (χ3v) is 4.15. The first-order valence-corrected chi connectivity index (χ1v) is 7.29. The van der Waals surface area contributed by atoms with Gasteiger partial charge in [0.25, 0.3) is 0 Å². The summed E-state index contributed by atoms with van der Waals surface area (Å²) in [6.07, 6.45) is 0.705. The van der Waals surface area contributed by atoms with Gasteiger partial charge < -0.3 is 14.8 Å². The van der Waals surface area contributed by atoms with Gasteiger partial charge in [0.15, 0.2) is 0 Å². The molecule has 0 aliphatic heterocycles. The molecule has 0 aromatic heterocycles. The lowest BCUT2D eigenvalue weighted by Gasteiger charge is -2.21. The second kappa shape index (κ2) is 6.10. The van der Waals surface area contributed by atoms with Gasteiger partial charge in [-0.2, -0.15) is 0 Å². The minimum atomic E-state index is -0.204. The molecule has 0 heterocycles. The molecule has 2 aromatic rings. The quantitative estimate of drug-likeness (QED) is 0.880. The molecule has 0 radical (unpaired) electrons. The van der Waals surface area contributed by atoms with Crippen LogP contribution in [0.5, 0.6) is 5.75 Å². The van der Waals surface area contributed by atoms with Gasteiger partial charge >= 0.3 is 5.97 Å². The van der Waals surface area contributed by atoms with Crippen LogP contribution < -0.4 is 10.1 Å². The van der Waals surface area contributed by atoms with Crippen LogP contribution in [0.2, 0.25) is 0 Å². The van der Waals surface area contributed by atoms with Crippen molar-refractivity contribution in [1.29, 1.82) is 0 Å². The van der Waals surface area contributed by atoms with Crippen molar-refractivity contribution in [3.05, 3.63) is 59.7 Å². The third kappa shape index (κ3) is 2.64. The highest BCUT2D eigenvalue weighted by molar-refractivity contribution is 5.76. The molecule has 2 aromatic carbocycles. The number of hydrogen-bond acceptors (Lipinski definition) is 4. The van der Waals surface area contributed by atoms with E-state index in [2.05, 4.69) is 17.4 Å². The van der Waals surface area contributed by atoms with Crippen molar-refractivity contribution >= 4 is 11.7 Å². The maximum absolute atomic E-state index is 12.1. The summed E-state index contributed by atoms with van der Waals surface area (Å²) in [6, 6.07) is 15.8. The maximum atomic E-state index is 12.1. The highest BCUT2D eigenvalue weighted by Gasteiger charge is 2.37. The van der Waals surface area contributed by atoms with Crippen LogP contribution in [-0.2, 0) is 16.0 Å². The number of ether oxygens (including phenoxy) is 2. The van der Waals surface area contributed by atoms with Gasteiger partial charge in [0.2, 0.25) is 0 Å². The van der Waals surface area contributed by atoms with Crippen LogP contribution in [0, 0.1) is 5.92 Å². The number of nitrogens with one attached hydrogen (secondary N) is 1. The van der Waals surface area contributed by atoms with Crippen LogP contribution in [0.3, 0.4) is 0 Å². The molecule has 3 rings (SSSR count). The summed E-state index contributed by atoms with van der Waals surface area (Å²) in [5, 5.41) is 3.46. The van der Waals surface area contributed by atoms with E-state index in [1.54, 1.807) is 7.11 Å². The fourth-order valence-corrected chi connectivity index (χ4v) is 3.01. The van der Waals surface area contributed by atoms with Crippen LogP contribution >= 0.6 is 0 Å². The van der Waals surface area contributed by atoms with Crippen molar-refractivity contribution < 1.29 is 14.3 Å². The van der Waals surface area contributed by atoms with E-state index in [4.69, 9.17) is 9.47 Å². The van der Waals surface area contributed by atoms with E-state index >= 15 is 0 Å². The average Bonchev–Trinajstić information content (AvgIpc) is 2.93. The Hall–Kier alpha value is -2.49. The minimum Gasteiger partial charge on any atom is -0.497 e. The highest BCUT2D eigenvalue weighted by Crippen LogP contribution is 2.39. The van der Waals surface area contributed by atoms with E-state index in [9.17, 15) is 4.79 Å². The van der Waals surface area contributed by atoms with Crippen molar-refractivity contribution in [1.82, 2.24) is 0 Å². The normalized spacial score (nSPS) is 19.4. The number of hydrogen-bond donors (Lipinski definition) is 1. The Bertz CT molecular complexity index is 666. The zero-order chi connectivity index (χ0) is 15.5. The molecule has 1 aliphatic rings. The summed E-state index contributed by atoms with van der Waals surface area (Å²) in [5.74, 6) is 0.425. The van der Waals surface area contributed by atoms with Crippen molar-refractivity contribution in [3.8, 4) is 5.75 Å². The third-order valence-electron chi connectivity index (χ3n) is 4.15. The first-order valence-electron chi connectivity index (χ1n) is 7.29. The Morgan fingerprint density at radius 3 is 2.50 bits per heavy atom. The van der Waals surface area contributed by atoms with Gasteiger partial charge in [-0.05, 0) is 41.8 Å². The van der Waals surface area contributed by atoms with E-state index in [0.29, 0.717) is 6.42 Å². The van der Waals surface area contributed by atoms with Crippen LogP contribution in [0.4, 0.5) is 5.69 Å². The second-order valence-corrected chi connectivity index (χ2v) is 5.38. The Morgan fingerprint density at radius 1 is 1.09 bits per heavy atom. The summed E-state index contributed by atoms with van der Waals surface area (Å²) < 4.78 is 10.1. The van der Waals surface area contributed by atoms with Crippen LogP contribution in [0.25, 0.3) is 0 Å². The molecule has 0 saturated carbocycles. The lowest BCUT2D eigenvalue weighted by Crippen LogP contribution is -2.25. The number of anilines is 1. The molecule has 4 nitrogen and oxygen atoms in total. The average molecular weight is 297 g/mol. The SMILES string of the molecule is COC(=O)[C@H]1Cc2ccccc2[C@H]1Nc1ccc(OC)cc1. The van der Waals surface area contributed by atoms with Crippen LogP contribution in [0.15, 0.2) is 48.5 Å². The fraction of sp³-hybridized carbons (Fsp3) is 0.278. The number of methoxy groups -OCH3 is 2. The van der Waals surface area contributed by atoms with Gasteiger partial charge in [-0.1, -0.05) is 24.3 Å². The Kier molecular flexibility index (Phi) is 4.00. The van der Waals surface area contributed by atoms with Gasteiger partial charge in [0.05, 0.1) is 26.2 Å². The van der Waals surface area contributed by atoms with E-state index in [0.717, 1.165) is 17.0 Å². The molecule has 0 bridgehead atoms. The number of rotatable bonds is 4. The number of benzene rings is 2. The molecule has 0 spiro atoms. The summed E-state index contributed by atoms with van der Waals surface area (Å²) in [6.45, 7) is 0. The van der Waals surface area contributed by atoms with Gasteiger partial charge in [0.1, 0.15) is 5.75 Å². The predicted octanol–water partition coefficient (Wildman–Crippen LogP) is 3.19. The first-order chi connectivity index (χ1) is 10.7. The largest absolute Gasteiger partial charge is 0.497 e. The minimum absolute atomic E-state index is 0.0722. The highest BCUT2D eigenvalue weighted by atomic mass is 16.5. The standard InChI is InChI=1S/C18H19NO3/c1-21-14-9-7-13(8-10-14)19-17-15-6-4-3-5-12(15)11-16(17)18(20)22-2/h3-10,16-17,19H,11H2,1-2H3/t16-,17+/m0/s1. The van der Waals surface area contributed by atoms with Crippen LogP contribution in [0.1, 0.15) is 17.2 Å². The molecule has 114 valence electrons. The van der Waals surface area contributed by atoms with E-state index in [-0.39, 0.29) is 17.9 Å². The molecule has 1 aliphatic carbocycles. The predicted molar refractivity (Wildman–Crippen MR) is 85.0 cm³/mol. The van der Waals surface area contributed by atoms with Crippen molar-refractivity contribution in [2.45, 2.75) is 12.5 Å². The van der Waals surface area contributed by atoms with E-state index < -0.39 is 0 Å².